The first kappa shape index (κ1) is 11.9. The first-order valence-corrected chi connectivity index (χ1v) is 5.78. The summed E-state index contributed by atoms with van der Waals surface area (Å²) >= 11 is 6.06. The van der Waals surface area contributed by atoms with Gasteiger partial charge in [0.1, 0.15) is 17.2 Å². The Kier molecular flexibility index (Phi) is 3.63. The lowest BCUT2D eigenvalue weighted by molar-refractivity contribution is 0.317. The zero-order chi connectivity index (χ0) is 12.3. The van der Waals surface area contributed by atoms with E-state index in [1.54, 1.807) is 6.20 Å². The van der Waals surface area contributed by atoms with Crippen molar-refractivity contribution in [3.8, 4) is 0 Å². The molecule has 6 nitrogen and oxygen atoms in total. The molecule has 1 heterocycles. The molecule has 1 fully saturated rings. The summed E-state index contributed by atoms with van der Waals surface area (Å²) in [5.74, 6) is 0.927. The van der Waals surface area contributed by atoms with Gasteiger partial charge in [-0.1, -0.05) is 16.8 Å². The summed E-state index contributed by atoms with van der Waals surface area (Å²) in [6.45, 7) is 0.636. The highest BCUT2D eigenvalue weighted by atomic mass is 35.5. The number of rotatable bonds is 5. The molecule has 1 aromatic rings. The average Bonchev–Trinajstić information content (AvgIpc) is 3.15. The second-order valence-corrected chi connectivity index (χ2v) is 4.37. The van der Waals surface area contributed by atoms with Crippen molar-refractivity contribution in [1.29, 1.82) is 0 Å². The Labute approximate surface area is 104 Å². The van der Waals surface area contributed by atoms with Crippen LogP contribution in [0.4, 0.5) is 5.82 Å². The Hall–Kier alpha value is -1.56. The number of halogens is 1. The van der Waals surface area contributed by atoms with Gasteiger partial charge in [-0.3, -0.25) is 0 Å². The van der Waals surface area contributed by atoms with E-state index in [1.807, 2.05) is 0 Å². The molecule has 0 bridgehead atoms. The third-order valence-electron chi connectivity index (χ3n) is 2.65. The summed E-state index contributed by atoms with van der Waals surface area (Å²) < 4.78 is 0. The molecule has 3 N–H and O–H groups in total. The number of nitrogens with zero attached hydrogens (tertiary/aromatic N) is 4. The van der Waals surface area contributed by atoms with Crippen molar-refractivity contribution in [1.82, 2.24) is 9.97 Å². The van der Waals surface area contributed by atoms with Crippen LogP contribution in [0.3, 0.4) is 0 Å². The number of aromatic nitrogens is 2. The third-order valence-corrected chi connectivity index (χ3v) is 2.91. The monoisotopic (exact) mass is 255 g/mol. The van der Waals surface area contributed by atoms with Gasteiger partial charge in [-0.05, 0) is 12.8 Å². The molecule has 0 atom stereocenters. The number of nitrogens with two attached hydrogens (primary N) is 1. The van der Waals surface area contributed by atoms with E-state index < -0.39 is 0 Å². The fourth-order valence-electron chi connectivity index (χ4n) is 1.65. The molecule has 1 aliphatic carbocycles. The molecule has 0 spiro atoms. The van der Waals surface area contributed by atoms with E-state index in [0.717, 1.165) is 18.7 Å². The Bertz CT molecular complexity index is 421. The second kappa shape index (κ2) is 5.18. The van der Waals surface area contributed by atoms with Gasteiger partial charge >= 0.3 is 0 Å². The van der Waals surface area contributed by atoms with E-state index in [2.05, 4.69) is 20.0 Å². The van der Waals surface area contributed by atoms with Gasteiger partial charge in [0.05, 0.1) is 6.20 Å². The van der Waals surface area contributed by atoms with Crippen LogP contribution in [0.15, 0.2) is 17.7 Å². The van der Waals surface area contributed by atoms with Crippen LogP contribution in [-0.2, 0) is 0 Å². The molecule has 0 amide bonds. The number of amidine groups is 1. The fourth-order valence-corrected chi connectivity index (χ4v) is 1.86. The topological polar surface area (TPSA) is 87.6 Å². The van der Waals surface area contributed by atoms with Gasteiger partial charge in [0.25, 0.3) is 0 Å². The van der Waals surface area contributed by atoms with Gasteiger partial charge in [0.2, 0.25) is 0 Å². The minimum absolute atomic E-state index is 0.209. The standard InChI is InChI=1S/C10H14ClN5O/c11-8-5-13-6-14-10(8)16(7-1-2-7)4-3-9(12)15-17/h5-7,17H,1-4H2,(H2,12,15). The van der Waals surface area contributed by atoms with E-state index in [4.69, 9.17) is 22.5 Å². The number of hydrogen-bond donors (Lipinski definition) is 2. The smallest absolute Gasteiger partial charge is 0.151 e. The summed E-state index contributed by atoms with van der Waals surface area (Å²) in [6, 6.07) is 0.453. The molecule has 0 radical (unpaired) electrons. The van der Waals surface area contributed by atoms with E-state index in [-0.39, 0.29) is 5.84 Å². The molecule has 1 saturated carbocycles. The highest BCUT2D eigenvalue weighted by Crippen LogP contribution is 2.33. The Morgan fingerprint density at radius 3 is 3.00 bits per heavy atom. The van der Waals surface area contributed by atoms with Crippen molar-refractivity contribution in [2.24, 2.45) is 10.9 Å². The molecule has 0 unspecified atom stereocenters. The third kappa shape index (κ3) is 2.97. The zero-order valence-corrected chi connectivity index (χ0v) is 10.0. The van der Waals surface area contributed by atoms with Gasteiger partial charge in [-0.25, -0.2) is 9.97 Å². The number of anilines is 1. The van der Waals surface area contributed by atoms with Crippen molar-refractivity contribution in [2.45, 2.75) is 25.3 Å². The maximum Gasteiger partial charge on any atom is 0.151 e. The fraction of sp³-hybridized carbons (Fsp3) is 0.500. The summed E-state index contributed by atoms with van der Waals surface area (Å²) in [6.07, 6.45) is 5.77. The second-order valence-electron chi connectivity index (χ2n) is 3.96. The lowest BCUT2D eigenvalue weighted by atomic mass is 10.3. The minimum atomic E-state index is 0.209. The van der Waals surface area contributed by atoms with Crippen LogP contribution in [0.2, 0.25) is 5.02 Å². The molecule has 7 heteroatoms. The first-order chi connectivity index (χ1) is 8.22. The summed E-state index contributed by atoms with van der Waals surface area (Å²) in [4.78, 5) is 10.1. The maximum atomic E-state index is 8.52. The normalized spacial score (nSPS) is 15.9. The Morgan fingerprint density at radius 2 is 2.41 bits per heavy atom. The van der Waals surface area contributed by atoms with Crippen LogP contribution in [0.25, 0.3) is 0 Å². The molecule has 0 aromatic carbocycles. The zero-order valence-electron chi connectivity index (χ0n) is 9.25. The highest BCUT2D eigenvalue weighted by molar-refractivity contribution is 6.32. The van der Waals surface area contributed by atoms with Gasteiger partial charge < -0.3 is 15.8 Å². The summed E-state index contributed by atoms with van der Waals surface area (Å²) in [7, 11) is 0. The van der Waals surface area contributed by atoms with Crippen LogP contribution in [0.1, 0.15) is 19.3 Å². The SMILES string of the molecule is NC(CCN(c1ncncc1Cl)C1CC1)=NO. The molecular formula is C10H14ClN5O. The van der Waals surface area contributed by atoms with Gasteiger partial charge in [-0.15, -0.1) is 0 Å². The minimum Gasteiger partial charge on any atom is -0.409 e. The van der Waals surface area contributed by atoms with E-state index in [9.17, 15) is 0 Å². The predicted molar refractivity (Wildman–Crippen MR) is 65.4 cm³/mol. The molecule has 0 saturated heterocycles. The van der Waals surface area contributed by atoms with Gasteiger partial charge in [-0.2, -0.15) is 0 Å². The predicted octanol–water partition coefficient (Wildman–Crippen LogP) is 1.24. The summed E-state index contributed by atoms with van der Waals surface area (Å²) in [5.41, 5.74) is 5.47. The molecule has 17 heavy (non-hydrogen) atoms. The maximum absolute atomic E-state index is 8.52. The first-order valence-electron chi connectivity index (χ1n) is 5.41. The number of hydrogen-bond acceptors (Lipinski definition) is 5. The van der Waals surface area contributed by atoms with Crippen LogP contribution in [0, 0.1) is 0 Å². The molecule has 1 aromatic heterocycles. The van der Waals surface area contributed by atoms with Crippen LogP contribution in [-0.4, -0.2) is 33.6 Å². The number of oxime groups is 1. The molecule has 0 aliphatic heterocycles. The van der Waals surface area contributed by atoms with E-state index in [1.165, 1.54) is 6.33 Å². The quantitative estimate of drug-likeness (QED) is 0.358. The molecule has 2 rings (SSSR count). The molecule has 92 valence electrons. The van der Waals surface area contributed by atoms with Crippen LogP contribution in [0.5, 0.6) is 0 Å². The van der Waals surface area contributed by atoms with Crippen molar-refractivity contribution in [3.63, 3.8) is 0 Å². The van der Waals surface area contributed by atoms with Crippen molar-refractivity contribution in [3.05, 3.63) is 17.5 Å². The lowest BCUT2D eigenvalue weighted by Gasteiger charge is -2.23. The lowest BCUT2D eigenvalue weighted by Crippen LogP contribution is -2.31. The van der Waals surface area contributed by atoms with Crippen molar-refractivity contribution >= 4 is 23.3 Å². The van der Waals surface area contributed by atoms with Gasteiger partial charge in [0.15, 0.2) is 5.82 Å². The van der Waals surface area contributed by atoms with E-state index in [0.29, 0.717) is 24.0 Å². The molecule has 1 aliphatic rings. The highest BCUT2D eigenvalue weighted by Gasteiger charge is 2.31. The summed E-state index contributed by atoms with van der Waals surface area (Å²) in [5, 5.41) is 12.0. The van der Waals surface area contributed by atoms with Crippen LogP contribution < -0.4 is 10.6 Å². The van der Waals surface area contributed by atoms with Crippen molar-refractivity contribution < 1.29 is 5.21 Å². The average molecular weight is 256 g/mol. The van der Waals surface area contributed by atoms with Crippen LogP contribution >= 0.6 is 11.6 Å². The van der Waals surface area contributed by atoms with Gasteiger partial charge in [0, 0.05) is 19.0 Å². The Morgan fingerprint density at radius 1 is 1.65 bits per heavy atom. The van der Waals surface area contributed by atoms with Crippen molar-refractivity contribution in [2.75, 3.05) is 11.4 Å². The molecular weight excluding hydrogens is 242 g/mol. The Balaban J connectivity index is 2.10. The van der Waals surface area contributed by atoms with E-state index >= 15 is 0 Å². The largest absolute Gasteiger partial charge is 0.409 e.